The molecule has 0 aliphatic carbocycles. The van der Waals surface area contributed by atoms with Crippen LogP contribution >= 0.6 is 11.8 Å². The Morgan fingerprint density at radius 2 is 2.00 bits per heavy atom. The molecule has 134 valence electrons. The SMILES string of the molecule is Cn1c(CN2CCOCC2)nnc1SCC(=O)Nc1ccc(F)cc1. The summed E-state index contributed by atoms with van der Waals surface area (Å²) in [7, 11) is 1.90. The van der Waals surface area contributed by atoms with E-state index in [-0.39, 0.29) is 17.5 Å². The van der Waals surface area contributed by atoms with Crippen molar-refractivity contribution in [3.8, 4) is 0 Å². The second-order valence-electron chi connectivity index (χ2n) is 5.69. The van der Waals surface area contributed by atoms with Crippen LogP contribution in [-0.2, 0) is 23.1 Å². The fourth-order valence-corrected chi connectivity index (χ4v) is 3.16. The molecule has 1 aliphatic heterocycles. The molecule has 0 bridgehead atoms. The number of carbonyl (C=O) groups is 1. The Morgan fingerprint density at radius 1 is 1.28 bits per heavy atom. The molecule has 1 N–H and O–H groups in total. The van der Waals surface area contributed by atoms with Crippen molar-refractivity contribution in [2.75, 3.05) is 37.4 Å². The quantitative estimate of drug-likeness (QED) is 0.783. The maximum absolute atomic E-state index is 12.9. The molecule has 1 aromatic carbocycles. The Hall–Kier alpha value is -1.97. The third-order valence-corrected chi connectivity index (χ3v) is 4.87. The number of halogens is 1. The highest BCUT2D eigenvalue weighted by atomic mass is 32.2. The third kappa shape index (κ3) is 5.00. The summed E-state index contributed by atoms with van der Waals surface area (Å²) < 4.78 is 20.1. The number of carbonyl (C=O) groups excluding carboxylic acids is 1. The number of nitrogens with one attached hydrogen (secondary N) is 1. The lowest BCUT2D eigenvalue weighted by molar-refractivity contribution is -0.113. The van der Waals surface area contributed by atoms with Gasteiger partial charge in [0.1, 0.15) is 11.6 Å². The molecule has 2 heterocycles. The number of benzene rings is 1. The van der Waals surface area contributed by atoms with E-state index >= 15 is 0 Å². The number of amides is 1. The summed E-state index contributed by atoms with van der Waals surface area (Å²) in [6.07, 6.45) is 0. The molecular weight excluding hydrogens is 345 g/mol. The fourth-order valence-electron chi connectivity index (χ4n) is 2.43. The molecule has 7 nitrogen and oxygen atoms in total. The van der Waals surface area contributed by atoms with Crippen LogP contribution in [0.1, 0.15) is 5.82 Å². The number of ether oxygens (including phenoxy) is 1. The highest BCUT2D eigenvalue weighted by Crippen LogP contribution is 2.17. The maximum atomic E-state index is 12.9. The number of nitrogens with zero attached hydrogens (tertiary/aromatic N) is 4. The Kier molecular flexibility index (Phi) is 6.00. The van der Waals surface area contributed by atoms with Crippen LogP contribution in [0.3, 0.4) is 0 Å². The second kappa shape index (κ2) is 8.41. The van der Waals surface area contributed by atoms with Crippen molar-refractivity contribution in [3.63, 3.8) is 0 Å². The predicted molar refractivity (Wildman–Crippen MR) is 92.9 cm³/mol. The van der Waals surface area contributed by atoms with Gasteiger partial charge in [0.25, 0.3) is 0 Å². The molecule has 1 aromatic heterocycles. The van der Waals surface area contributed by atoms with Crippen LogP contribution in [0.2, 0.25) is 0 Å². The summed E-state index contributed by atoms with van der Waals surface area (Å²) in [5.41, 5.74) is 0.568. The molecule has 25 heavy (non-hydrogen) atoms. The van der Waals surface area contributed by atoms with Crippen molar-refractivity contribution in [3.05, 3.63) is 35.9 Å². The minimum atomic E-state index is -0.334. The monoisotopic (exact) mass is 365 g/mol. The summed E-state index contributed by atoms with van der Waals surface area (Å²) in [6.45, 7) is 3.96. The van der Waals surface area contributed by atoms with E-state index < -0.39 is 0 Å². The van der Waals surface area contributed by atoms with Crippen molar-refractivity contribution in [1.29, 1.82) is 0 Å². The Bertz CT molecular complexity index is 716. The summed E-state index contributed by atoms with van der Waals surface area (Å²) in [6, 6.07) is 5.67. The van der Waals surface area contributed by atoms with Gasteiger partial charge in [-0.1, -0.05) is 11.8 Å². The van der Waals surface area contributed by atoms with Crippen molar-refractivity contribution < 1.29 is 13.9 Å². The normalized spacial score (nSPS) is 15.3. The van der Waals surface area contributed by atoms with Crippen molar-refractivity contribution >= 4 is 23.4 Å². The van der Waals surface area contributed by atoms with Crippen molar-refractivity contribution in [1.82, 2.24) is 19.7 Å². The van der Waals surface area contributed by atoms with Crippen LogP contribution in [0.5, 0.6) is 0 Å². The summed E-state index contributed by atoms with van der Waals surface area (Å²) in [5.74, 6) is 0.568. The van der Waals surface area contributed by atoms with E-state index in [1.165, 1.54) is 36.0 Å². The van der Waals surface area contributed by atoms with Gasteiger partial charge in [-0.15, -0.1) is 10.2 Å². The van der Waals surface area contributed by atoms with Crippen LogP contribution in [0.15, 0.2) is 29.4 Å². The molecule has 0 saturated carbocycles. The van der Waals surface area contributed by atoms with Gasteiger partial charge >= 0.3 is 0 Å². The van der Waals surface area contributed by atoms with Gasteiger partial charge in [0, 0.05) is 25.8 Å². The van der Waals surface area contributed by atoms with Crippen LogP contribution in [0.25, 0.3) is 0 Å². The average Bonchev–Trinajstić information content (AvgIpc) is 2.96. The molecule has 0 unspecified atom stereocenters. The molecule has 2 aromatic rings. The first-order chi connectivity index (χ1) is 12.1. The zero-order chi connectivity index (χ0) is 17.6. The molecule has 0 spiro atoms. The van der Waals surface area contributed by atoms with E-state index in [0.717, 1.165) is 38.7 Å². The molecule has 3 rings (SSSR count). The maximum Gasteiger partial charge on any atom is 0.234 e. The van der Waals surface area contributed by atoms with Gasteiger partial charge in [-0.05, 0) is 24.3 Å². The number of aromatic nitrogens is 3. The van der Waals surface area contributed by atoms with Gasteiger partial charge in [0.05, 0.1) is 25.5 Å². The largest absolute Gasteiger partial charge is 0.379 e. The van der Waals surface area contributed by atoms with Gasteiger partial charge in [-0.3, -0.25) is 9.69 Å². The minimum absolute atomic E-state index is 0.172. The molecular formula is C16H20FN5O2S. The van der Waals surface area contributed by atoms with E-state index in [2.05, 4.69) is 20.4 Å². The standard InChI is InChI=1S/C16H20FN5O2S/c1-21-14(10-22-6-8-24-9-7-22)19-20-16(21)25-11-15(23)18-13-4-2-12(17)3-5-13/h2-5H,6-11H2,1H3,(H,18,23). The van der Waals surface area contributed by atoms with Gasteiger partial charge in [-0.25, -0.2) is 4.39 Å². The van der Waals surface area contributed by atoms with Crippen LogP contribution in [-0.4, -0.2) is 57.6 Å². The average molecular weight is 365 g/mol. The first-order valence-electron chi connectivity index (χ1n) is 7.98. The van der Waals surface area contributed by atoms with Gasteiger partial charge < -0.3 is 14.6 Å². The van der Waals surface area contributed by atoms with E-state index in [1.807, 2.05) is 11.6 Å². The highest BCUT2D eigenvalue weighted by Gasteiger charge is 2.16. The zero-order valence-corrected chi connectivity index (χ0v) is 14.8. The van der Waals surface area contributed by atoms with Gasteiger partial charge in [0.15, 0.2) is 5.16 Å². The van der Waals surface area contributed by atoms with E-state index in [1.54, 1.807) is 0 Å². The molecule has 0 atom stereocenters. The molecule has 1 saturated heterocycles. The molecule has 1 amide bonds. The lowest BCUT2D eigenvalue weighted by atomic mass is 10.3. The van der Waals surface area contributed by atoms with Crippen LogP contribution in [0, 0.1) is 5.82 Å². The minimum Gasteiger partial charge on any atom is -0.379 e. The Balaban J connectivity index is 1.50. The molecule has 0 radical (unpaired) electrons. The number of rotatable bonds is 6. The lowest BCUT2D eigenvalue weighted by Gasteiger charge is -2.25. The Morgan fingerprint density at radius 3 is 2.72 bits per heavy atom. The molecule has 1 aliphatic rings. The van der Waals surface area contributed by atoms with E-state index in [0.29, 0.717) is 10.8 Å². The first-order valence-corrected chi connectivity index (χ1v) is 8.97. The van der Waals surface area contributed by atoms with E-state index in [4.69, 9.17) is 4.74 Å². The summed E-state index contributed by atoms with van der Waals surface area (Å²) in [5, 5.41) is 11.8. The topological polar surface area (TPSA) is 72.3 Å². The van der Waals surface area contributed by atoms with Crippen molar-refractivity contribution in [2.24, 2.45) is 7.05 Å². The predicted octanol–water partition coefficient (Wildman–Crippen LogP) is 1.52. The molecule has 9 heteroatoms. The number of thioether (sulfide) groups is 1. The number of morpholine rings is 1. The van der Waals surface area contributed by atoms with Crippen LogP contribution in [0.4, 0.5) is 10.1 Å². The van der Waals surface area contributed by atoms with E-state index in [9.17, 15) is 9.18 Å². The van der Waals surface area contributed by atoms with Gasteiger partial charge in [0.2, 0.25) is 5.91 Å². The number of anilines is 1. The van der Waals surface area contributed by atoms with Crippen molar-refractivity contribution in [2.45, 2.75) is 11.7 Å². The molecule has 1 fully saturated rings. The highest BCUT2D eigenvalue weighted by molar-refractivity contribution is 7.99. The summed E-state index contributed by atoms with van der Waals surface area (Å²) in [4.78, 5) is 14.3. The van der Waals surface area contributed by atoms with Gasteiger partial charge in [-0.2, -0.15) is 0 Å². The Labute approximate surface area is 149 Å². The number of hydrogen-bond donors (Lipinski definition) is 1. The first kappa shape index (κ1) is 17.8. The number of hydrogen-bond acceptors (Lipinski definition) is 6. The van der Waals surface area contributed by atoms with Crippen LogP contribution < -0.4 is 5.32 Å². The zero-order valence-electron chi connectivity index (χ0n) is 13.9. The third-order valence-electron chi connectivity index (χ3n) is 3.85. The lowest BCUT2D eigenvalue weighted by Crippen LogP contribution is -2.36. The summed E-state index contributed by atoms with van der Waals surface area (Å²) >= 11 is 1.32. The second-order valence-corrected chi connectivity index (χ2v) is 6.63. The fraction of sp³-hybridized carbons (Fsp3) is 0.438. The smallest absolute Gasteiger partial charge is 0.234 e.